The Balaban J connectivity index is 1.58. The summed E-state index contributed by atoms with van der Waals surface area (Å²) in [6.45, 7) is 2.54. The fourth-order valence-electron chi connectivity index (χ4n) is 2.45. The predicted octanol–water partition coefficient (Wildman–Crippen LogP) is 3.17. The van der Waals surface area contributed by atoms with Gasteiger partial charge in [0.15, 0.2) is 0 Å². The van der Waals surface area contributed by atoms with Crippen LogP contribution in [-0.4, -0.2) is 34.0 Å². The highest BCUT2D eigenvalue weighted by Crippen LogP contribution is 2.27. The smallest absolute Gasteiger partial charge is 0.306 e. The first-order valence-electron chi connectivity index (χ1n) is 6.66. The molecule has 0 bridgehead atoms. The van der Waals surface area contributed by atoms with Gasteiger partial charge in [0.25, 0.3) is 0 Å². The lowest BCUT2D eigenvalue weighted by atomic mass is 9.97. The lowest BCUT2D eigenvalue weighted by Gasteiger charge is -2.29. The summed E-state index contributed by atoms with van der Waals surface area (Å²) in [5.41, 5.74) is 1.06. The van der Waals surface area contributed by atoms with Crippen molar-refractivity contribution in [1.82, 2.24) is 9.88 Å². The van der Waals surface area contributed by atoms with Gasteiger partial charge in [0.05, 0.1) is 23.0 Å². The Morgan fingerprint density at radius 1 is 1.40 bits per heavy atom. The molecule has 2 aromatic rings. The van der Waals surface area contributed by atoms with Crippen molar-refractivity contribution in [3.63, 3.8) is 0 Å². The van der Waals surface area contributed by atoms with Crippen LogP contribution >= 0.6 is 22.7 Å². The first-order valence-corrected chi connectivity index (χ1v) is 8.42. The van der Waals surface area contributed by atoms with E-state index in [9.17, 15) is 4.79 Å². The fraction of sp³-hybridized carbons (Fsp3) is 0.429. The molecule has 4 nitrogen and oxygen atoms in total. The molecule has 1 fully saturated rings. The third-order valence-corrected chi connectivity index (χ3v) is 5.35. The third kappa shape index (κ3) is 3.08. The quantitative estimate of drug-likeness (QED) is 0.942. The van der Waals surface area contributed by atoms with Gasteiger partial charge in [-0.3, -0.25) is 9.69 Å². The number of likely N-dealkylation sites (tertiary alicyclic amines) is 1. The normalized spacial score (nSPS) is 17.4. The van der Waals surface area contributed by atoms with Crippen LogP contribution in [0.25, 0.3) is 10.6 Å². The Hall–Kier alpha value is -1.24. The average molecular weight is 308 g/mol. The van der Waals surface area contributed by atoms with Gasteiger partial charge in [0, 0.05) is 5.38 Å². The highest BCUT2D eigenvalue weighted by atomic mass is 32.1. The van der Waals surface area contributed by atoms with Gasteiger partial charge in [-0.15, -0.1) is 22.7 Å². The molecule has 0 aromatic carbocycles. The largest absolute Gasteiger partial charge is 0.481 e. The molecule has 20 heavy (non-hydrogen) atoms. The maximum Gasteiger partial charge on any atom is 0.306 e. The number of carbonyl (C=O) groups is 1. The molecule has 1 aliphatic heterocycles. The second-order valence-electron chi connectivity index (χ2n) is 4.99. The standard InChI is InChI=1S/C14H16N2O2S2/c17-14(18)10-3-5-16(6-4-10)8-13-15-11(9-20-13)12-2-1-7-19-12/h1-2,7,9-10H,3-6,8H2,(H,17,18). The SMILES string of the molecule is O=C(O)C1CCN(Cc2nc(-c3cccs3)cs2)CC1. The number of aliphatic carboxylic acids is 1. The van der Waals surface area contributed by atoms with E-state index in [2.05, 4.69) is 26.7 Å². The number of carboxylic acids is 1. The Kier molecular flexibility index (Phi) is 4.14. The van der Waals surface area contributed by atoms with E-state index in [0.717, 1.165) is 43.2 Å². The van der Waals surface area contributed by atoms with Crippen LogP contribution in [0.5, 0.6) is 0 Å². The van der Waals surface area contributed by atoms with Crippen LogP contribution in [0, 0.1) is 5.92 Å². The summed E-state index contributed by atoms with van der Waals surface area (Å²) < 4.78 is 0. The summed E-state index contributed by atoms with van der Waals surface area (Å²) in [5.74, 6) is -0.817. The van der Waals surface area contributed by atoms with Crippen molar-refractivity contribution in [2.24, 2.45) is 5.92 Å². The Bertz CT molecular complexity index is 572. The van der Waals surface area contributed by atoms with Crippen molar-refractivity contribution in [2.75, 3.05) is 13.1 Å². The van der Waals surface area contributed by atoms with Crippen LogP contribution < -0.4 is 0 Å². The molecule has 0 aliphatic carbocycles. The minimum Gasteiger partial charge on any atom is -0.481 e. The molecule has 0 radical (unpaired) electrons. The van der Waals surface area contributed by atoms with Gasteiger partial charge in [-0.2, -0.15) is 0 Å². The van der Waals surface area contributed by atoms with Crippen molar-refractivity contribution >= 4 is 28.6 Å². The van der Waals surface area contributed by atoms with Gasteiger partial charge in [-0.05, 0) is 37.4 Å². The number of nitrogens with zero attached hydrogens (tertiary/aromatic N) is 2. The van der Waals surface area contributed by atoms with Crippen LogP contribution in [0.4, 0.5) is 0 Å². The molecule has 0 atom stereocenters. The first kappa shape index (κ1) is 13.7. The molecule has 1 saturated heterocycles. The number of rotatable bonds is 4. The van der Waals surface area contributed by atoms with E-state index in [1.165, 1.54) is 4.88 Å². The average Bonchev–Trinajstić information content (AvgIpc) is 3.09. The third-order valence-electron chi connectivity index (χ3n) is 3.62. The highest BCUT2D eigenvalue weighted by Gasteiger charge is 2.24. The number of aromatic nitrogens is 1. The Morgan fingerprint density at radius 2 is 2.20 bits per heavy atom. The number of carboxylic acid groups (broad SMARTS) is 1. The van der Waals surface area contributed by atoms with Gasteiger partial charge in [0.1, 0.15) is 5.01 Å². The van der Waals surface area contributed by atoms with Crippen molar-refractivity contribution in [2.45, 2.75) is 19.4 Å². The second-order valence-corrected chi connectivity index (χ2v) is 6.88. The van der Waals surface area contributed by atoms with E-state index >= 15 is 0 Å². The van der Waals surface area contributed by atoms with Crippen LogP contribution in [-0.2, 0) is 11.3 Å². The summed E-state index contributed by atoms with van der Waals surface area (Å²) in [6.07, 6.45) is 1.50. The maximum absolute atomic E-state index is 10.9. The van der Waals surface area contributed by atoms with Gasteiger partial charge < -0.3 is 5.11 Å². The van der Waals surface area contributed by atoms with Crippen LogP contribution in [0.1, 0.15) is 17.8 Å². The Labute approximate surface area is 125 Å². The molecular formula is C14H16N2O2S2. The van der Waals surface area contributed by atoms with E-state index in [0.29, 0.717) is 0 Å². The topological polar surface area (TPSA) is 53.4 Å². The minimum atomic E-state index is -0.654. The second kappa shape index (κ2) is 6.03. The van der Waals surface area contributed by atoms with Crippen LogP contribution in [0.2, 0.25) is 0 Å². The maximum atomic E-state index is 10.9. The van der Waals surface area contributed by atoms with Crippen molar-refractivity contribution in [3.05, 3.63) is 27.9 Å². The molecule has 3 heterocycles. The molecule has 1 N–H and O–H groups in total. The van der Waals surface area contributed by atoms with Gasteiger partial charge in [0.2, 0.25) is 0 Å². The van der Waals surface area contributed by atoms with Crippen LogP contribution in [0.15, 0.2) is 22.9 Å². The van der Waals surface area contributed by atoms with E-state index in [-0.39, 0.29) is 5.92 Å². The van der Waals surface area contributed by atoms with E-state index in [1.807, 2.05) is 6.07 Å². The highest BCUT2D eigenvalue weighted by molar-refractivity contribution is 7.14. The number of thiazole rings is 1. The fourth-order valence-corrected chi connectivity index (χ4v) is 4.05. The zero-order valence-electron chi connectivity index (χ0n) is 11.0. The number of hydrogen-bond acceptors (Lipinski definition) is 5. The lowest BCUT2D eigenvalue weighted by molar-refractivity contribution is -0.143. The molecule has 2 aromatic heterocycles. The molecule has 0 spiro atoms. The molecule has 0 saturated carbocycles. The molecule has 1 aliphatic rings. The summed E-state index contributed by atoms with van der Waals surface area (Å²) in [6, 6.07) is 4.12. The lowest BCUT2D eigenvalue weighted by Crippen LogP contribution is -2.35. The van der Waals surface area contributed by atoms with Crippen molar-refractivity contribution in [1.29, 1.82) is 0 Å². The number of hydrogen-bond donors (Lipinski definition) is 1. The summed E-state index contributed by atoms with van der Waals surface area (Å²) in [4.78, 5) is 19.1. The summed E-state index contributed by atoms with van der Waals surface area (Å²) in [7, 11) is 0. The minimum absolute atomic E-state index is 0.163. The van der Waals surface area contributed by atoms with Crippen LogP contribution in [0.3, 0.4) is 0 Å². The van der Waals surface area contributed by atoms with E-state index in [4.69, 9.17) is 5.11 Å². The molecule has 0 amide bonds. The molecule has 106 valence electrons. The van der Waals surface area contributed by atoms with E-state index < -0.39 is 5.97 Å². The van der Waals surface area contributed by atoms with Gasteiger partial charge >= 0.3 is 5.97 Å². The zero-order chi connectivity index (χ0) is 13.9. The number of piperidine rings is 1. The molecule has 0 unspecified atom stereocenters. The molecule has 6 heteroatoms. The predicted molar refractivity (Wildman–Crippen MR) is 81.1 cm³/mol. The van der Waals surface area contributed by atoms with Crippen molar-refractivity contribution in [3.8, 4) is 10.6 Å². The number of thiophene rings is 1. The monoisotopic (exact) mass is 308 g/mol. The Morgan fingerprint density at radius 3 is 2.85 bits per heavy atom. The summed E-state index contributed by atoms with van der Waals surface area (Å²) in [5, 5.41) is 14.3. The molecule has 3 rings (SSSR count). The summed E-state index contributed by atoms with van der Waals surface area (Å²) >= 11 is 3.39. The molecular weight excluding hydrogens is 292 g/mol. The van der Waals surface area contributed by atoms with E-state index in [1.54, 1.807) is 22.7 Å². The first-order chi connectivity index (χ1) is 9.72. The zero-order valence-corrected chi connectivity index (χ0v) is 12.6. The van der Waals surface area contributed by atoms with Gasteiger partial charge in [-0.1, -0.05) is 6.07 Å². The van der Waals surface area contributed by atoms with Gasteiger partial charge in [-0.25, -0.2) is 4.98 Å². The van der Waals surface area contributed by atoms with Crippen molar-refractivity contribution < 1.29 is 9.90 Å².